The molecule has 0 spiro atoms. The topological polar surface area (TPSA) is 66.5 Å². The second kappa shape index (κ2) is 7.09. The molecule has 0 radical (unpaired) electrons. The zero-order valence-electron chi connectivity index (χ0n) is 14.9. The number of nitrogens with one attached hydrogen (secondary N) is 1. The largest absolute Gasteiger partial charge is 0.394 e. The molecule has 9 heteroatoms. The number of hydrogen-bond donors (Lipinski definition) is 1. The fourth-order valence-corrected chi connectivity index (χ4v) is 4.51. The lowest BCUT2D eigenvalue weighted by Gasteiger charge is -2.36. The van der Waals surface area contributed by atoms with Gasteiger partial charge in [0.1, 0.15) is 0 Å². The van der Waals surface area contributed by atoms with E-state index in [0.717, 1.165) is 0 Å². The number of amides is 1. The summed E-state index contributed by atoms with van der Waals surface area (Å²) in [4.78, 5) is 14.0. The van der Waals surface area contributed by atoms with E-state index in [1.807, 2.05) is 0 Å². The predicted octanol–water partition coefficient (Wildman–Crippen LogP) is 3.64. The smallest absolute Gasteiger partial charge is 0.333 e. The van der Waals surface area contributed by atoms with E-state index in [0.29, 0.717) is 6.42 Å². The Morgan fingerprint density at radius 1 is 1.35 bits per heavy atom. The summed E-state index contributed by atoms with van der Waals surface area (Å²) >= 11 is 0. The second-order valence-electron chi connectivity index (χ2n) is 7.00. The van der Waals surface area contributed by atoms with Crippen LogP contribution in [0.5, 0.6) is 0 Å². The van der Waals surface area contributed by atoms with Gasteiger partial charge < -0.3 is 4.90 Å². The second-order valence-corrected chi connectivity index (χ2v) is 8.84. The summed E-state index contributed by atoms with van der Waals surface area (Å²) in [6.45, 7) is 4.54. The van der Waals surface area contributed by atoms with Crippen LogP contribution in [0.1, 0.15) is 44.0 Å². The van der Waals surface area contributed by atoms with Gasteiger partial charge >= 0.3 is 6.18 Å². The molecule has 5 nitrogen and oxygen atoms in total. The first-order chi connectivity index (χ1) is 11.9. The highest BCUT2D eigenvalue weighted by atomic mass is 32.2. The van der Waals surface area contributed by atoms with Crippen LogP contribution in [-0.2, 0) is 10.0 Å². The molecule has 26 heavy (non-hydrogen) atoms. The number of nitrogens with zero attached hydrogens (tertiary/aromatic N) is 1. The summed E-state index contributed by atoms with van der Waals surface area (Å²) in [6.07, 6.45) is -4.09. The fraction of sp³-hybridized carbons (Fsp3) is 0.588. The monoisotopic (exact) mass is 392 g/mol. The number of alkyl halides is 3. The van der Waals surface area contributed by atoms with Crippen LogP contribution in [0.3, 0.4) is 0 Å². The molecule has 2 rings (SSSR count). The van der Waals surface area contributed by atoms with Crippen LogP contribution in [-0.4, -0.2) is 43.2 Å². The Morgan fingerprint density at radius 2 is 2.00 bits per heavy atom. The normalized spacial score (nSPS) is 20.2. The van der Waals surface area contributed by atoms with Crippen LogP contribution in [0, 0.1) is 5.92 Å². The van der Waals surface area contributed by atoms with Crippen molar-refractivity contribution < 1.29 is 26.4 Å². The minimum Gasteiger partial charge on any atom is -0.333 e. The number of hydrogen-bond acceptors (Lipinski definition) is 3. The Labute approximate surface area is 151 Å². The molecular formula is C17H23F3N2O3S. The van der Waals surface area contributed by atoms with Gasteiger partial charge in [0.05, 0.1) is 11.7 Å². The Morgan fingerprint density at radius 3 is 2.54 bits per heavy atom. The molecule has 1 fully saturated rings. The van der Waals surface area contributed by atoms with Crippen molar-refractivity contribution in [2.24, 2.45) is 5.92 Å². The average Bonchev–Trinajstić information content (AvgIpc) is 2.81. The van der Waals surface area contributed by atoms with E-state index in [1.54, 1.807) is 6.92 Å². The molecule has 1 atom stereocenters. The number of rotatable bonds is 5. The standard InChI is InChI=1S/C17H23F3N2O3S/c1-4-10-26(24,25)21-13-7-5-6-12(11-13)15(23)22-9-8-14(16(22,2)3)17(18,19)20/h5-7,11,14,21H,4,8-10H2,1-3H3/t14-/m1/s1. The molecule has 146 valence electrons. The molecule has 0 aromatic heterocycles. The molecule has 1 aliphatic rings. The quantitative estimate of drug-likeness (QED) is 0.832. The zero-order chi connectivity index (χ0) is 19.8. The van der Waals surface area contributed by atoms with E-state index in [9.17, 15) is 26.4 Å². The van der Waals surface area contributed by atoms with Crippen LogP contribution in [0.15, 0.2) is 24.3 Å². The van der Waals surface area contributed by atoms with Crippen molar-refractivity contribution in [3.63, 3.8) is 0 Å². The van der Waals surface area contributed by atoms with Gasteiger partial charge in [-0.15, -0.1) is 0 Å². The van der Waals surface area contributed by atoms with Gasteiger partial charge in [-0.05, 0) is 44.9 Å². The van der Waals surface area contributed by atoms with Gasteiger partial charge in [-0.25, -0.2) is 8.42 Å². The summed E-state index contributed by atoms with van der Waals surface area (Å²) in [5.74, 6) is -2.19. The van der Waals surface area contributed by atoms with Gasteiger partial charge in [0.2, 0.25) is 10.0 Å². The number of benzene rings is 1. The summed E-state index contributed by atoms with van der Waals surface area (Å²) in [5, 5.41) is 0. The van der Waals surface area contributed by atoms with E-state index in [1.165, 1.54) is 43.0 Å². The van der Waals surface area contributed by atoms with Gasteiger partial charge in [-0.1, -0.05) is 13.0 Å². The number of carbonyl (C=O) groups excluding carboxylic acids is 1. The van der Waals surface area contributed by atoms with Crippen LogP contribution >= 0.6 is 0 Å². The first-order valence-electron chi connectivity index (χ1n) is 8.37. The molecule has 1 aliphatic heterocycles. The molecule has 1 N–H and O–H groups in total. The molecule has 0 bridgehead atoms. The van der Waals surface area contributed by atoms with Crippen LogP contribution in [0.4, 0.5) is 18.9 Å². The lowest BCUT2D eigenvalue weighted by Crippen LogP contribution is -2.49. The van der Waals surface area contributed by atoms with E-state index < -0.39 is 33.6 Å². The van der Waals surface area contributed by atoms with E-state index >= 15 is 0 Å². The zero-order valence-corrected chi connectivity index (χ0v) is 15.7. The predicted molar refractivity (Wildman–Crippen MR) is 93.4 cm³/mol. The molecule has 1 heterocycles. The Bertz CT molecular complexity index is 776. The maximum Gasteiger partial charge on any atom is 0.394 e. The van der Waals surface area contributed by atoms with E-state index in [-0.39, 0.29) is 30.0 Å². The minimum absolute atomic E-state index is 0.00179. The highest BCUT2D eigenvalue weighted by Gasteiger charge is 2.56. The fourth-order valence-electron chi connectivity index (χ4n) is 3.39. The van der Waals surface area contributed by atoms with Crippen LogP contribution < -0.4 is 4.72 Å². The maximum atomic E-state index is 13.2. The molecule has 0 aliphatic carbocycles. The third-order valence-electron chi connectivity index (χ3n) is 4.69. The SMILES string of the molecule is CCCS(=O)(=O)Nc1cccc(C(=O)N2CC[C@@H](C(F)(F)F)C2(C)C)c1. The van der Waals surface area contributed by atoms with Gasteiger partial charge in [-0.2, -0.15) is 13.2 Å². The molecule has 0 saturated carbocycles. The number of sulfonamides is 1. The van der Waals surface area contributed by atoms with Crippen molar-refractivity contribution in [3.05, 3.63) is 29.8 Å². The Kier molecular flexibility index (Phi) is 5.60. The third kappa shape index (κ3) is 4.31. The molecule has 1 aromatic carbocycles. The number of carbonyl (C=O) groups is 1. The van der Waals surface area contributed by atoms with Crippen molar-refractivity contribution in [2.75, 3.05) is 17.0 Å². The lowest BCUT2D eigenvalue weighted by atomic mass is 9.87. The average molecular weight is 392 g/mol. The Balaban J connectivity index is 2.24. The van der Waals surface area contributed by atoms with E-state index in [2.05, 4.69) is 4.72 Å². The van der Waals surface area contributed by atoms with Crippen LogP contribution in [0.2, 0.25) is 0 Å². The number of halogens is 3. The lowest BCUT2D eigenvalue weighted by molar-refractivity contribution is -0.189. The first kappa shape index (κ1) is 20.5. The molecule has 0 unspecified atom stereocenters. The summed E-state index contributed by atoms with van der Waals surface area (Å²) in [6, 6.07) is 5.82. The number of likely N-dealkylation sites (tertiary alicyclic amines) is 1. The molecular weight excluding hydrogens is 369 g/mol. The third-order valence-corrected chi connectivity index (χ3v) is 6.18. The maximum absolute atomic E-state index is 13.2. The van der Waals surface area contributed by atoms with Crippen molar-refractivity contribution in [2.45, 2.75) is 45.3 Å². The van der Waals surface area contributed by atoms with Gasteiger partial charge in [-0.3, -0.25) is 9.52 Å². The summed E-state index contributed by atoms with van der Waals surface area (Å²) < 4.78 is 65.7. The van der Waals surface area contributed by atoms with Gasteiger partial charge in [0, 0.05) is 23.3 Å². The molecule has 1 amide bonds. The first-order valence-corrected chi connectivity index (χ1v) is 10.0. The van der Waals surface area contributed by atoms with Gasteiger partial charge in [0.15, 0.2) is 0 Å². The summed E-state index contributed by atoms with van der Waals surface area (Å²) in [7, 11) is -3.52. The van der Waals surface area contributed by atoms with Crippen molar-refractivity contribution in [3.8, 4) is 0 Å². The Hall–Kier alpha value is -1.77. The van der Waals surface area contributed by atoms with Crippen molar-refractivity contribution in [1.29, 1.82) is 0 Å². The highest BCUT2D eigenvalue weighted by molar-refractivity contribution is 7.92. The van der Waals surface area contributed by atoms with Crippen LogP contribution in [0.25, 0.3) is 0 Å². The van der Waals surface area contributed by atoms with Gasteiger partial charge in [0.25, 0.3) is 5.91 Å². The minimum atomic E-state index is -4.38. The molecule has 1 saturated heterocycles. The summed E-state index contributed by atoms with van der Waals surface area (Å²) in [5.41, 5.74) is -1.00. The van der Waals surface area contributed by atoms with Crippen molar-refractivity contribution >= 4 is 21.6 Å². The van der Waals surface area contributed by atoms with Crippen molar-refractivity contribution in [1.82, 2.24) is 4.90 Å². The highest BCUT2D eigenvalue weighted by Crippen LogP contribution is 2.45. The molecule has 1 aromatic rings. The number of anilines is 1. The van der Waals surface area contributed by atoms with E-state index in [4.69, 9.17) is 0 Å².